The summed E-state index contributed by atoms with van der Waals surface area (Å²) in [5.74, 6) is -0.197. The highest BCUT2D eigenvalue weighted by Crippen LogP contribution is 2.22. The molecule has 122 valence electrons. The number of halogens is 1. The summed E-state index contributed by atoms with van der Waals surface area (Å²) in [5, 5.41) is 9.34. The van der Waals surface area contributed by atoms with Crippen LogP contribution in [0.1, 0.15) is 16.1 Å². The van der Waals surface area contributed by atoms with E-state index in [1.807, 2.05) is 31.2 Å². The maximum atomic E-state index is 13.7. The number of benzene rings is 2. The zero-order chi connectivity index (χ0) is 17.1. The molecule has 6 heteroatoms. The number of aromatic amines is 1. The monoisotopic (exact) mass is 325 g/mol. The minimum absolute atomic E-state index is 0.139. The molecule has 1 amide bonds. The van der Waals surface area contributed by atoms with Gasteiger partial charge in [-0.05, 0) is 55.0 Å². The van der Waals surface area contributed by atoms with Crippen molar-refractivity contribution in [3.05, 3.63) is 65.6 Å². The number of methoxy groups -OCH3 is 1. The lowest BCUT2D eigenvalue weighted by Gasteiger charge is -2.05. The fourth-order valence-electron chi connectivity index (χ4n) is 2.27. The van der Waals surface area contributed by atoms with Crippen molar-refractivity contribution >= 4 is 11.6 Å². The van der Waals surface area contributed by atoms with Crippen molar-refractivity contribution in [3.63, 3.8) is 0 Å². The highest BCUT2D eigenvalue weighted by molar-refractivity contribution is 6.03. The molecule has 0 radical (unpaired) electrons. The molecular formula is C18H16FN3O2. The number of rotatable bonds is 4. The molecule has 0 aliphatic heterocycles. The summed E-state index contributed by atoms with van der Waals surface area (Å²) in [6, 6.07) is 13.5. The Bertz CT molecular complexity index is 872. The van der Waals surface area contributed by atoms with Crippen LogP contribution >= 0.6 is 0 Å². The number of nitrogens with zero attached hydrogens (tertiary/aromatic N) is 1. The number of H-pyrrole nitrogens is 1. The molecule has 2 N–H and O–H groups in total. The second-order valence-electron chi connectivity index (χ2n) is 5.33. The van der Waals surface area contributed by atoms with Crippen LogP contribution in [0.2, 0.25) is 0 Å². The van der Waals surface area contributed by atoms with Crippen LogP contribution in [0.5, 0.6) is 5.75 Å². The molecule has 24 heavy (non-hydrogen) atoms. The van der Waals surface area contributed by atoms with E-state index in [0.29, 0.717) is 5.69 Å². The second-order valence-corrected chi connectivity index (χ2v) is 5.33. The number of hydrogen-bond acceptors (Lipinski definition) is 3. The van der Waals surface area contributed by atoms with Gasteiger partial charge < -0.3 is 10.1 Å². The molecule has 3 aromatic rings. The molecule has 1 aromatic heterocycles. The van der Waals surface area contributed by atoms with Crippen molar-refractivity contribution in [2.45, 2.75) is 6.92 Å². The molecule has 2 aromatic carbocycles. The Morgan fingerprint density at radius 1 is 1.17 bits per heavy atom. The highest BCUT2D eigenvalue weighted by Gasteiger charge is 2.13. The summed E-state index contributed by atoms with van der Waals surface area (Å²) in [4.78, 5) is 12.3. The van der Waals surface area contributed by atoms with Crippen LogP contribution in [0.15, 0.2) is 48.5 Å². The van der Waals surface area contributed by atoms with Crippen molar-refractivity contribution in [3.8, 4) is 17.0 Å². The van der Waals surface area contributed by atoms with Gasteiger partial charge >= 0.3 is 0 Å². The number of hydrogen-bond donors (Lipinski definition) is 2. The summed E-state index contributed by atoms with van der Waals surface area (Å²) in [5.41, 5.74) is 2.71. The van der Waals surface area contributed by atoms with E-state index in [-0.39, 0.29) is 11.4 Å². The molecule has 1 heterocycles. The van der Waals surface area contributed by atoms with Gasteiger partial charge in [-0.15, -0.1) is 0 Å². The molecule has 0 aliphatic carbocycles. The Hall–Kier alpha value is -3.15. The summed E-state index contributed by atoms with van der Waals surface area (Å²) in [7, 11) is 1.59. The molecular weight excluding hydrogens is 309 g/mol. The van der Waals surface area contributed by atoms with E-state index >= 15 is 0 Å². The fourth-order valence-corrected chi connectivity index (χ4v) is 2.27. The normalized spacial score (nSPS) is 10.5. The van der Waals surface area contributed by atoms with E-state index in [9.17, 15) is 9.18 Å². The third kappa shape index (κ3) is 3.27. The number of aromatic nitrogens is 2. The lowest BCUT2D eigenvalue weighted by Crippen LogP contribution is -2.13. The lowest BCUT2D eigenvalue weighted by atomic mass is 10.1. The molecule has 0 saturated carbocycles. The Morgan fingerprint density at radius 2 is 1.92 bits per heavy atom. The lowest BCUT2D eigenvalue weighted by molar-refractivity contribution is 0.102. The Balaban J connectivity index is 1.79. The fraction of sp³-hybridized carbons (Fsp3) is 0.111. The van der Waals surface area contributed by atoms with E-state index in [2.05, 4.69) is 15.5 Å². The van der Waals surface area contributed by atoms with Crippen LogP contribution in [-0.4, -0.2) is 23.2 Å². The molecule has 0 saturated heterocycles. The van der Waals surface area contributed by atoms with Crippen molar-refractivity contribution in [1.29, 1.82) is 0 Å². The molecule has 0 aliphatic rings. The standard InChI is InChI=1S/C18H16FN3O2/c1-11-3-8-14(19)16(9-11)20-18(23)17-10-15(21-22-17)12-4-6-13(24-2)7-5-12/h3-10H,1-2H3,(H,20,23)(H,21,22). The van der Waals surface area contributed by atoms with Gasteiger partial charge in [-0.25, -0.2) is 4.39 Å². The minimum atomic E-state index is -0.483. The van der Waals surface area contributed by atoms with Gasteiger partial charge in [-0.3, -0.25) is 9.89 Å². The first-order valence-electron chi connectivity index (χ1n) is 7.34. The van der Waals surface area contributed by atoms with E-state index in [4.69, 9.17) is 4.74 Å². The van der Waals surface area contributed by atoms with Crippen molar-refractivity contribution in [2.75, 3.05) is 12.4 Å². The average Bonchev–Trinajstić information content (AvgIpc) is 3.08. The third-order valence-corrected chi connectivity index (χ3v) is 3.58. The third-order valence-electron chi connectivity index (χ3n) is 3.58. The van der Waals surface area contributed by atoms with Crippen LogP contribution in [0, 0.1) is 12.7 Å². The number of amides is 1. The largest absolute Gasteiger partial charge is 0.497 e. The summed E-state index contributed by atoms with van der Waals surface area (Å²) in [6.07, 6.45) is 0. The molecule has 0 fully saturated rings. The number of aryl methyl sites for hydroxylation is 1. The zero-order valence-electron chi connectivity index (χ0n) is 13.3. The second kappa shape index (κ2) is 6.54. The van der Waals surface area contributed by atoms with Crippen molar-refractivity contribution in [2.24, 2.45) is 0 Å². The maximum absolute atomic E-state index is 13.7. The zero-order valence-corrected chi connectivity index (χ0v) is 13.3. The van der Waals surface area contributed by atoms with Gasteiger partial charge in [0.1, 0.15) is 17.3 Å². The summed E-state index contributed by atoms with van der Waals surface area (Å²) < 4.78 is 18.8. The number of ether oxygens (including phenoxy) is 1. The Labute approximate surface area is 138 Å². The summed E-state index contributed by atoms with van der Waals surface area (Å²) >= 11 is 0. The SMILES string of the molecule is COc1ccc(-c2cc(C(=O)Nc3cc(C)ccc3F)[nH]n2)cc1. The Kier molecular flexibility index (Phi) is 4.29. The predicted octanol–water partition coefficient (Wildman–Crippen LogP) is 3.79. The van der Waals surface area contributed by atoms with Crippen LogP contribution < -0.4 is 10.1 Å². The number of anilines is 1. The Morgan fingerprint density at radius 3 is 2.62 bits per heavy atom. The van der Waals surface area contributed by atoms with E-state index < -0.39 is 11.7 Å². The van der Waals surface area contributed by atoms with Crippen LogP contribution in [0.3, 0.4) is 0 Å². The molecule has 0 spiro atoms. The molecule has 5 nitrogen and oxygen atoms in total. The molecule has 3 rings (SSSR count). The molecule has 0 bridgehead atoms. The van der Waals surface area contributed by atoms with Gasteiger partial charge in [0.25, 0.3) is 5.91 Å². The van der Waals surface area contributed by atoms with E-state index in [1.165, 1.54) is 6.07 Å². The van der Waals surface area contributed by atoms with Gasteiger partial charge in [-0.1, -0.05) is 6.07 Å². The van der Waals surface area contributed by atoms with Gasteiger partial charge in [0.05, 0.1) is 18.5 Å². The maximum Gasteiger partial charge on any atom is 0.273 e. The average molecular weight is 325 g/mol. The first kappa shape index (κ1) is 15.7. The minimum Gasteiger partial charge on any atom is -0.497 e. The molecule has 0 unspecified atom stereocenters. The number of carbonyl (C=O) groups excluding carboxylic acids is 1. The van der Waals surface area contributed by atoms with E-state index in [1.54, 1.807) is 25.3 Å². The number of nitrogens with one attached hydrogen (secondary N) is 2. The van der Waals surface area contributed by atoms with Gasteiger partial charge in [0, 0.05) is 5.56 Å². The van der Waals surface area contributed by atoms with Crippen molar-refractivity contribution < 1.29 is 13.9 Å². The highest BCUT2D eigenvalue weighted by atomic mass is 19.1. The van der Waals surface area contributed by atoms with Gasteiger partial charge in [0.15, 0.2) is 0 Å². The predicted molar refractivity (Wildman–Crippen MR) is 89.7 cm³/mol. The molecule has 0 atom stereocenters. The van der Waals surface area contributed by atoms with Crippen molar-refractivity contribution in [1.82, 2.24) is 10.2 Å². The van der Waals surface area contributed by atoms with Crippen LogP contribution in [0.25, 0.3) is 11.3 Å². The quantitative estimate of drug-likeness (QED) is 0.767. The first-order chi connectivity index (χ1) is 11.6. The topological polar surface area (TPSA) is 67.0 Å². The van der Waals surface area contributed by atoms with Gasteiger partial charge in [-0.2, -0.15) is 5.10 Å². The first-order valence-corrected chi connectivity index (χ1v) is 7.34. The number of carbonyl (C=O) groups is 1. The van der Waals surface area contributed by atoms with Crippen LogP contribution in [0.4, 0.5) is 10.1 Å². The van der Waals surface area contributed by atoms with E-state index in [0.717, 1.165) is 16.9 Å². The van der Waals surface area contributed by atoms with Gasteiger partial charge in [0.2, 0.25) is 0 Å². The smallest absolute Gasteiger partial charge is 0.273 e. The summed E-state index contributed by atoms with van der Waals surface area (Å²) in [6.45, 7) is 1.83. The van der Waals surface area contributed by atoms with Crippen LogP contribution in [-0.2, 0) is 0 Å².